The molecule has 0 atom stereocenters. The van der Waals surface area contributed by atoms with E-state index in [0.29, 0.717) is 12.3 Å². The van der Waals surface area contributed by atoms with Crippen LogP contribution in [-0.4, -0.2) is 25.1 Å². The molecule has 0 unspecified atom stereocenters. The largest absolute Gasteiger partial charge is 0.412 e. The number of nitrogens with one attached hydrogen (secondary N) is 1. The fraction of sp³-hybridized carbons (Fsp3) is 0.588. The Bertz CT molecular complexity index is 498. The van der Waals surface area contributed by atoms with Crippen molar-refractivity contribution in [3.8, 4) is 5.75 Å². The van der Waals surface area contributed by atoms with E-state index in [2.05, 4.69) is 37.7 Å². The maximum atomic E-state index is 11.9. The van der Waals surface area contributed by atoms with Crippen LogP contribution in [0.2, 0.25) is 0 Å². The van der Waals surface area contributed by atoms with E-state index < -0.39 is 0 Å². The van der Waals surface area contributed by atoms with Gasteiger partial charge in [0, 0.05) is 34.6 Å². The van der Waals surface area contributed by atoms with Gasteiger partial charge in [0.1, 0.15) is 18.3 Å². The Kier molecular flexibility index (Phi) is 7.09. The highest BCUT2D eigenvalue weighted by molar-refractivity contribution is 7.95. The second-order valence-corrected chi connectivity index (χ2v) is 7.68. The van der Waals surface area contributed by atoms with Crippen LogP contribution in [0.5, 0.6) is 5.75 Å². The molecular weight excluding hydrogens is 282 g/mol. The van der Waals surface area contributed by atoms with Gasteiger partial charge in [0.25, 0.3) is 0 Å². The van der Waals surface area contributed by atoms with Crippen LogP contribution in [-0.2, 0) is 10.9 Å². The molecule has 0 aromatic heterocycles. The molecule has 118 valence electrons. The maximum Gasteiger partial charge on any atom is 0.412 e. The summed E-state index contributed by atoms with van der Waals surface area (Å²) in [6.45, 7) is 8.95. The summed E-state index contributed by atoms with van der Waals surface area (Å²) in [5.74, 6) is 0.703. The molecule has 1 aromatic rings. The molecular formula is C17H28NO2S+. The molecule has 0 fully saturated rings. The van der Waals surface area contributed by atoms with E-state index in [1.165, 1.54) is 10.5 Å². The maximum absolute atomic E-state index is 11.9. The summed E-state index contributed by atoms with van der Waals surface area (Å²) in [6.07, 6.45) is 7.34. The summed E-state index contributed by atoms with van der Waals surface area (Å²) in [6, 6.07) is 2.14. The fourth-order valence-corrected chi connectivity index (χ4v) is 3.47. The van der Waals surface area contributed by atoms with Crippen LogP contribution in [0.1, 0.15) is 42.9 Å². The summed E-state index contributed by atoms with van der Waals surface area (Å²) in [4.78, 5) is 13.2. The first-order valence-electron chi connectivity index (χ1n) is 7.52. The van der Waals surface area contributed by atoms with Gasteiger partial charge in [-0.25, -0.2) is 4.79 Å². The van der Waals surface area contributed by atoms with E-state index in [-0.39, 0.29) is 17.0 Å². The fourth-order valence-electron chi connectivity index (χ4n) is 2.30. The van der Waals surface area contributed by atoms with Crippen LogP contribution in [0, 0.1) is 20.8 Å². The third-order valence-corrected chi connectivity index (χ3v) is 4.97. The first-order chi connectivity index (χ1) is 9.88. The van der Waals surface area contributed by atoms with Crippen LogP contribution in [0.4, 0.5) is 4.79 Å². The molecule has 0 spiro atoms. The van der Waals surface area contributed by atoms with Gasteiger partial charge in [0.05, 0.1) is 0 Å². The third-order valence-electron chi connectivity index (χ3n) is 3.66. The minimum atomic E-state index is -0.351. The Morgan fingerprint density at radius 1 is 1.19 bits per heavy atom. The summed E-state index contributed by atoms with van der Waals surface area (Å²) >= 11 is 0. The average Bonchev–Trinajstić information content (AvgIpc) is 2.43. The van der Waals surface area contributed by atoms with Crippen LogP contribution in [0.25, 0.3) is 0 Å². The first-order valence-corrected chi connectivity index (χ1v) is 9.56. The van der Waals surface area contributed by atoms with Gasteiger partial charge in [-0.2, -0.15) is 0 Å². The molecule has 1 rings (SSSR count). The van der Waals surface area contributed by atoms with E-state index in [0.717, 1.165) is 30.4 Å². The highest BCUT2D eigenvalue weighted by Crippen LogP contribution is 2.31. The van der Waals surface area contributed by atoms with Gasteiger partial charge in [-0.1, -0.05) is 19.8 Å². The summed E-state index contributed by atoms with van der Waals surface area (Å²) < 4.78 is 5.52. The van der Waals surface area contributed by atoms with Crippen LogP contribution >= 0.6 is 0 Å². The number of carbonyl (C=O) groups is 1. The number of rotatable bonds is 6. The predicted molar refractivity (Wildman–Crippen MR) is 91.7 cm³/mol. The Morgan fingerprint density at radius 3 is 2.43 bits per heavy atom. The van der Waals surface area contributed by atoms with E-state index in [1.54, 1.807) is 0 Å². The Hall–Kier alpha value is -1.16. The van der Waals surface area contributed by atoms with Crippen molar-refractivity contribution in [1.29, 1.82) is 0 Å². The molecule has 0 saturated carbocycles. The van der Waals surface area contributed by atoms with Crippen molar-refractivity contribution in [2.24, 2.45) is 0 Å². The minimum Gasteiger partial charge on any atom is -0.410 e. The zero-order valence-electron chi connectivity index (χ0n) is 14.1. The van der Waals surface area contributed by atoms with Crippen molar-refractivity contribution in [1.82, 2.24) is 5.32 Å². The summed E-state index contributed by atoms with van der Waals surface area (Å²) in [7, 11) is 0.205. The van der Waals surface area contributed by atoms with Crippen LogP contribution < -0.4 is 10.1 Å². The molecule has 0 saturated heterocycles. The number of hydrogen-bond acceptors (Lipinski definition) is 2. The molecule has 21 heavy (non-hydrogen) atoms. The van der Waals surface area contributed by atoms with E-state index in [9.17, 15) is 4.79 Å². The molecule has 1 amide bonds. The van der Waals surface area contributed by atoms with E-state index in [1.807, 2.05) is 13.8 Å². The molecule has 4 heteroatoms. The SMILES string of the molecule is CCCCCNC(=O)Oc1c(C)cc([S+](C)C)c(C)c1C. The highest BCUT2D eigenvalue weighted by Gasteiger charge is 2.20. The molecule has 0 aliphatic rings. The van der Waals surface area contributed by atoms with Gasteiger partial charge in [-0.05, 0) is 32.8 Å². The third kappa shape index (κ3) is 4.95. The predicted octanol–water partition coefficient (Wildman–Crippen LogP) is 4.13. The van der Waals surface area contributed by atoms with Crippen LogP contribution in [0.3, 0.4) is 0 Å². The van der Waals surface area contributed by atoms with Gasteiger partial charge >= 0.3 is 6.09 Å². The number of benzene rings is 1. The minimum absolute atomic E-state index is 0.205. The Morgan fingerprint density at radius 2 is 1.86 bits per heavy atom. The smallest absolute Gasteiger partial charge is 0.410 e. The van der Waals surface area contributed by atoms with Crippen molar-refractivity contribution >= 4 is 17.0 Å². The topological polar surface area (TPSA) is 38.3 Å². The molecule has 0 aliphatic heterocycles. The van der Waals surface area contributed by atoms with Gasteiger partial charge < -0.3 is 10.1 Å². The molecule has 0 bridgehead atoms. The second kappa shape index (κ2) is 8.32. The number of hydrogen-bond donors (Lipinski definition) is 1. The quantitative estimate of drug-likeness (QED) is 0.634. The highest BCUT2D eigenvalue weighted by atomic mass is 32.2. The lowest BCUT2D eigenvalue weighted by Crippen LogP contribution is -2.28. The molecule has 1 N–H and O–H groups in total. The second-order valence-electron chi connectivity index (χ2n) is 5.61. The standard InChI is InChI=1S/C17H27NO2S/c1-7-8-9-10-18-17(19)20-16-12(2)11-15(21(5)6)13(3)14(16)4/h11H,7-10H2,1-6H3/p+1. The lowest BCUT2D eigenvalue weighted by atomic mass is 10.1. The summed E-state index contributed by atoms with van der Waals surface area (Å²) in [5, 5.41) is 2.82. The van der Waals surface area contributed by atoms with Crippen molar-refractivity contribution in [2.45, 2.75) is 51.9 Å². The van der Waals surface area contributed by atoms with Crippen molar-refractivity contribution in [2.75, 3.05) is 19.1 Å². The zero-order chi connectivity index (χ0) is 16.0. The van der Waals surface area contributed by atoms with E-state index >= 15 is 0 Å². The number of ether oxygens (including phenoxy) is 1. The van der Waals surface area contributed by atoms with Crippen molar-refractivity contribution in [3.05, 3.63) is 22.8 Å². The van der Waals surface area contributed by atoms with E-state index in [4.69, 9.17) is 4.74 Å². The number of amides is 1. The van der Waals surface area contributed by atoms with Crippen molar-refractivity contribution < 1.29 is 9.53 Å². The van der Waals surface area contributed by atoms with Crippen molar-refractivity contribution in [3.63, 3.8) is 0 Å². The summed E-state index contributed by atoms with van der Waals surface area (Å²) in [5.41, 5.74) is 3.32. The van der Waals surface area contributed by atoms with Crippen LogP contribution in [0.15, 0.2) is 11.0 Å². The molecule has 1 aromatic carbocycles. The lowest BCUT2D eigenvalue weighted by molar-refractivity contribution is 0.199. The molecule has 0 aliphatic carbocycles. The average molecular weight is 310 g/mol. The van der Waals surface area contributed by atoms with Gasteiger partial charge in [-0.3, -0.25) is 0 Å². The normalized spacial score (nSPS) is 10.8. The first kappa shape index (κ1) is 17.9. The molecule has 0 heterocycles. The van der Waals surface area contributed by atoms with Gasteiger partial charge in [0.15, 0.2) is 4.90 Å². The van der Waals surface area contributed by atoms with Gasteiger partial charge in [-0.15, -0.1) is 0 Å². The number of unbranched alkanes of at least 4 members (excludes halogenated alkanes) is 2. The Balaban J connectivity index is 2.80. The molecule has 0 radical (unpaired) electrons. The zero-order valence-corrected chi connectivity index (χ0v) is 14.9. The molecule has 3 nitrogen and oxygen atoms in total. The Labute approximate surface area is 131 Å². The monoisotopic (exact) mass is 310 g/mol. The van der Waals surface area contributed by atoms with Gasteiger partial charge in [0.2, 0.25) is 0 Å². The number of carbonyl (C=O) groups excluding carboxylic acids is 1. The number of aryl methyl sites for hydroxylation is 1. The lowest BCUT2D eigenvalue weighted by Gasteiger charge is -2.15.